The van der Waals surface area contributed by atoms with Crippen molar-refractivity contribution >= 4 is 6.41 Å². The Labute approximate surface area is 92.2 Å². The Morgan fingerprint density at radius 1 is 1.33 bits per heavy atom. The van der Waals surface area contributed by atoms with Gasteiger partial charge in [0.15, 0.2) is 0 Å². The molecule has 0 atom stereocenters. The molecule has 1 aliphatic rings. The summed E-state index contributed by atoms with van der Waals surface area (Å²) in [4.78, 5) is 12.3. The third-order valence-electron chi connectivity index (χ3n) is 1.98. The lowest BCUT2D eigenvalue weighted by atomic mass is 10.3. The second-order valence-electron chi connectivity index (χ2n) is 3.38. The first kappa shape index (κ1) is 14.3. The van der Waals surface area contributed by atoms with E-state index in [1.807, 2.05) is 14.1 Å². The number of morpholine rings is 1. The van der Waals surface area contributed by atoms with Crippen LogP contribution < -0.4 is 10.6 Å². The van der Waals surface area contributed by atoms with Gasteiger partial charge in [-0.05, 0) is 27.1 Å². The molecule has 1 saturated heterocycles. The molecule has 1 rings (SSSR count). The van der Waals surface area contributed by atoms with Crippen LogP contribution in [-0.2, 0) is 9.53 Å². The van der Waals surface area contributed by atoms with Crippen molar-refractivity contribution in [2.45, 2.75) is 6.42 Å². The largest absolute Gasteiger partial charge is 0.379 e. The molecule has 0 aromatic carbocycles. The highest BCUT2D eigenvalue weighted by Crippen LogP contribution is 1.96. The van der Waals surface area contributed by atoms with Crippen LogP contribution in [0, 0.1) is 0 Å². The molecule has 1 heterocycles. The van der Waals surface area contributed by atoms with E-state index in [2.05, 4.69) is 15.5 Å². The molecule has 0 saturated carbocycles. The van der Waals surface area contributed by atoms with Crippen LogP contribution in [0.1, 0.15) is 6.42 Å². The van der Waals surface area contributed by atoms with Gasteiger partial charge in [-0.3, -0.25) is 9.69 Å². The molecule has 2 N–H and O–H groups in total. The molecule has 5 heteroatoms. The van der Waals surface area contributed by atoms with E-state index in [9.17, 15) is 4.79 Å². The summed E-state index contributed by atoms with van der Waals surface area (Å²) in [6, 6.07) is 0. The maximum absolute atomic E-state index is 9.91. The van der Waals surface area contributed by atoms with Gasteiger partial charge in [-0.1, -0.05) is 0 Å². The van der Waals surface area contributed by atoms with Crippen molar-refractivity contribution in [3.8, 4) is 0 Å². The van der Waals surface area contributed by atoms with Gasteiger partial charge in [0.05, 0.1) is 13.2 Å². The lowest BCUT2D eigenvalue weighted by Crippen LogP contribution is -2.37. The van der Waals surface area contributed by atoms with E-state index in [1.165, 1.54) is 0 Å². The first-order valence-electron chi connectivity index (χ1n) is 5.40. The molecule has 0 aliphatic carbocycles. The van der Waals surface area contributed by atoms with Gasteiger partial charge in [0.25, 0.3) is 0 Å². The van der Waals surface area contributed by atoms with E-state index < -0.39 is 0 Å². The van der Waals surface area contributed by atoms with E-state index in [1.54, 1.807) is 0 Å². The molecular weight excluding hydrogens is 194 g/mol. The first-order valence-corrected chi connectivity index (χ1v) is 5.40. The summed E-state index contributed by atoms with van der Waals surface area (Å²) in [7, 11) is 3.75. The van der Waals surface area contributed by atoms with Gasteiger partial charge >= 0.3 is 0 Å². The van der Waals surface area contributed by atoms with Crippen LogP contribution in [0.4, 0.5) is 0 Å². The minimum absolute atomic E-state index is 0.749. The second-order valence-corrected chi connectivity index (χ2v) is 3.38. The van der Waals surface area contributed by atoms with Crippen molar-refractivity contribution in [2.24, 2.45) is 0 Å². The van der Waals surface area contributed by atoms with Crippen LogP contribution in [0.2, 0.25) is 0 Å². The highest BCUT2D eigenvalue weighted by molar-refractivity contribution is 5.45. The van der Waals surface area contributed by atoms with Crippen LogP contribution >= 0.6 is 0 Å². The van der Waals surface area contributed by atoms with Crippen LogP contribution in [0.25, 0.3) is 0 Å². The summed E-state index contributed by atoms with van der Waals surface area (Å²) in [6.45, 7) is 5.59. The van der Waals surface area contributed by atoms with Gasteiger partial charge in [-0.15, -0.1) is 0 Å². The molecule has 0 unspecified atom stereocenters. The Bertz CT molecular complexity index is 139. The van der Waals surface area contributed by atoms with Gasteiger partial charge < -0.3 is 15.4 Å². The lowest BCUT2D eigenvalue weighted by molar-refractivity contribution is -0.109. The highest BCUT2D eigenvalue weighted by atomic mass is 16.5. The minimum atomic E-state index is 0.749. The second kappa shape index (κ2) is 11.4. The van der Waals surface area contributed by atoms with Crippen LogP contribution in [0.15, 0.2) is 0 Å². The summed E-state index contributed by atoms with van der Waals surface area (Å²) < 4.78 is 5.21. The summed E-state index contributed by atoms with van der Waals surface area (Å²) in [5.41, 5.74) is 0. The van der Waals surface area contributed by atoms with Gasteiger partial charge in [0, 0.05) is 19.6 Å². The number of hydrogen-bond acceptors (Lipinski definition) is 4. The Morgan fingerprint density at radius 2 is 1.93 bits per heavy atom. The van der Waals surface area contributed by atoms with E-state index in [4.69, 9.17) is 4.74 Å². The molecule has 1 fully saturated rings. The first-order chi connectivity index (χ1) is 7.35. The van der Waals surface area contributed by atoms with Gasteiger partial charge in [-0.25, -0.2) is 0 Å². The molecule has 0 bridgehead atoms. The maximum Gasteiger partial charge on any atom is 0.207 e. The Hall–Kier alpha value is -0.650. The summed E-state index contributed by atoms with van der Waals surface area (Å²) in [5.74, 6) is 0. The number of hydrogen-bond donors (Lipinski definition) is 2. The minimum Gasteiger partial charge on any atom is -0.379 e. The van der Waals surface area contributed by atoms with Crippen molar-refractivity contribution in [3.63, 3.8) is 0 Å². The summed E-state index contributed by atoms with van der Waals surface area (Å²) >= 11 is 0. The van der Waals surface area contributed by atoms with Crippen molar-refractivity contribution in [3.05, 3.63) is 0 Å². The molecular formula is C10H23N3O2. The van der Waals surface area contributed by atoms with Crippen molar-refractivity contribution in [2.75, 3.05) is 53.5 Å². The number of carbonyl (C=O) groups excluding carboxylic acids is 1. The molecule has 1 aliphatic heterocycles. The average molecular weight is 217 g/mol. The molecule has 90 valence electrons. The normalized spacial score (nSPS) is 16.4. The molecule has 0 spiro atoms. The smallest absolute Gasteiger partial charge is 0.207 e. The predicted molar refractivity (Wildman–Crippen MR) is 60.9 cm³/mol. The third-order valence-corrected chi connectivity index (χ3v) is 1.98. The number of carbonyl (C=O) groups is 1. The highest BCUT2D eigenvalue weighted by Gasteiger charge is 2.08. The maximum atomic E-state index is 9.91. The molecule has 0 radical (unpaired) electrons. The lowest BCUT2D eigenvalue weighted by Gasteiger charge is -2.26. The van der Waals surface area contributed by atoms with Gasteiger partial charge in [-0.2, -0.15) is 0 Å². The number of rotatable bonds is 5. The molecule has 5 nitrogen and oxygen atoms in total. The number of nitrogens with one attached hydrogen (secondary N) is 2. The third kappa shape index (κ3) is 9.65. The monoisotopic (exact) mass is 217 g/mol. The standard InChI is InChI=1S/C8H16N2O2.C2H7N/c11-8-9-2-1-3-10-4-6-12-7-5-10;1-3-2/h8H,1-7H2,(H,9,11);3H,1-2H3. The zero-order valence-electron chi connectivity index (χ0n) is 9.79. The predicted octanol–water partition coefficient (Wildman–Crippen LogP) is -0.710. The van der Waals surface area contributed by atoms with Crippen LogP contribution in [0.5, 0.6) is 0 Å². The molecule has 15 heavy (non-hydrogen) atoms. The van der Waals surface area contributed by atoms with E-state index >= 15 is 0 Å². The zero-order valence-corrected chi connectivity index (χ0v) is 9.79. The quantitative estimate of drug-likeness (QED) is 0.472. The van der Waals surface area contributed by atoms with Gasteiger partial charge in [0.2, 0.25) is 6.41 Å². The number of nitrogens with zero attached hydrogens (tertiary/aromatic N) is 1. The topological polar surface area (TPSA) is 53.6 Å². The number of ether oxygens (including phenoxy) is 1. The molecule has 0 aromatic heterocycles. The van der Waals surface area contributed by atoms with E-state index in [-0.39, 0.29) is 0 Å². The number of amides is 1. The fourth-order valence-corrected chi connectivity index (χ4v) is 1.29. The van der Waals surface area contributed by atoms with E-state index in [0.29, 0.717) is 0 Å². The molecule has 0 aromatic rings. The average Bonchev–Trinajstić information content (AvgIpc) is 2.27. The van der Waals surface area contributed by atoms with Crippen LogP contribution in [0.3, 0.4) is 0 Å². The Kier molecular flexibility index (Phi) is 10.9. The Balaban J connectivity index is 0.000000583. The van der Waals surface area contributed by atoms with E-state index in [0.717, 1.165) is 52.2 Å². The summed E-state index contributed by atoms with van der Waals surface area (Å²) in [6.07, 6.45) is 1.78. The fraction of sp³-hybridized carbons (Fsp3) is 0.900. The molecule has 1 amide bonds. The fourth-order valence-electron chi connectivity index (χ4n) is 1.29. The van der Waals surface area contributed by atoms with Gasteiger partial charge in [0.1, 0.15) is 0 Å². The van der Waals surface area contributed by atoms with Crippen molar-refractivity contribution in [1.82, 2.24) is 15.5 Å². The SMILES string of the molecule is CNC.O=CNCCCN1CCOCC1. The van der Waals surface area contributed by atoms with Crippen LogP contribution in [-0.4, -0.2) is 64.8 Å². The zero-order chi connectivity index (χ0) is 11.4. The summed E-state index contributed by atoms with van der Waals surface area (Å²) in [5, 5.41) is 5.40. The van der Waals surface area contributed by atoms with Crippen molar-refractivity contribution in [1.29, 1.82) is 0 Å². The Morgan fingerprint density at radius 3 is 2.47 bits per heavy atom. The van der Waals surface area contributed by atoms with Crippen molar-refractivity contribution < 1.29 is 9.53 Å².